The summed E-state index contributed by atoms with van der Waals surface area (Å²) in [5.41, 5.74) is 2.64. The second-order valence-corrected chi connectivity index (χ2v) is 6.40. The zero-order chi connectivity index (χ0) is 17.2. The Morgan fingerprint density at radius 3 is 2.76 bits per heavy atom. The van der Waals surface area contributed by atoms with Gasteiger partial charge in [-0.05, 0) is 23.8 Å². The van der Waals surface area contributed by atoms with E-state index in [1.165, 1.54) is 11.8 Å². The van der Waals surface area contributed by atoms with Crippen LogP contribution < -0.4 is 5.32 Å². The van der Waals surface area contributed by atoms with Crippen LogP contribution in [0.1, 0.15) is 11.1 Å². The fourth-order valence-corrected chi connectivity index (χ4v) is 3.42. The summed E-state index contributed by atoms with van der Waals surface area (Å²) in [7, 11) is 0. The Kier molecular flexibility index (Phi) is 4.02. The molecule has 2 amide bonds. The van der Waals surface area contributed by atoms with Gasteiger partial charge in [0.25, 0.3) is 5.91 Å². The minimum Gasteiger partial charge on any atom is -0.320 e. The molecule has 0 unspecified atom stereocenters. The number of benzene rings is 1. The molecule has 0 bridgehead atoms. The van der Waals surface area contributed by atoms with E-state index in [1.54, 1.807) is 17.3 Å². The summed E-state index contributed by atoms with van der Waals surface area (Å²) in [5.74, 6) is -0.00466. The van der Waals surface area contributed by atoms with Crippen molar-refractivity contribution in [3.05, 3.63) is 59.9 Å². The molecule has 1 aromatic heterocycles. The molecule has 1 fully saturated rings. The minimum atomic E-state index is -0.291. The Bertz CT molecular complexity index is 910. The van der Waals surface area contributed by atoms with Crippen molar-refractivity contribution in [1.82, 2.24) is 9.88 Å². The molecule has 4 rings (SSSR count). The van der Waals surface area contributed by atoms with Crippen LogP contribution in [0.2, 0.25) is 0 Å². The van der Waals surface area contributed by atoms with Gasteiger partial charge in [-0.3, -0.25) is 19.5 Å². The van der Waals surface area contributed by atoms with E-state index in [0.717, 1.165) is 11.3 Å². The molecule has 1 saturated heterocycles. The van der Waals surface area contributed by atoms with Gasteiger partial charge < -0.3 is 5.32 Å². The van der Waals surface area contributed by atoms with E-state index in [-0.39, 0.29) is 17.5 Å². The number of rotatable bonds is 3. The monoisotopic (exact) mass is 351 g/mol. The molecule has 2 aromatic rings. The fraction of sp³-hybridized carbons (Fsp3) is 0.118. The van der Waals surface area contributed by atoms with E-state index in [9.17, 15) is 9.59 Å². The highest BCUT2D eigenvalue weighted by Crippen LogP contribution is 2.25. The summed E-state index contributed by atoms with van der Waals surface area (Å²) in [4.78, 5) is 29.7. The number of thioether (sulfide) groups is 1. The first-order valence-electron chi connectivity index (χ1n) is 7.61. The van der Waals surface area contributed by atoms with Crippen molar-refractivity contribution in [2.24, 2.45) is 10.2 Å². The number of hydrogen-bond acceptors (Lipinski definition) is 6. The Hall–Kier alpha value is -3.00. The molecule has 2 aliphatic heterocycles. The third-order valence-electron chi connectivity index (χ3n) is 3.83. The van der Waals surface area contributed by atoms with Crippen LogP contribution in [0.25, 0.3) is 0 Å². The number of nitrogens with one attached hydrogen (secondary N) is 1. The van der Waals surface area contributed by atoms with Crippen LogP contribution in [-0.4, -0.2) is 38.3 Å². The summed E-state index contributed by atoms with van der Waals surface area (Å²) in [6.45, 7) is 0.404. The average Bonchev–Trinajstić information content (AvgIpc) is 3.14. The standard InChI is InChI=1S/C17H13N5O2S/c23-14-10-25-17(22(14)9-11-5-7-18-8-6-11)21-20-15-12-3-1-2-4-13(12)19-16(15)24/h1-8H,9-10H2,(H,19,20,24)/b21-17-. The first kappa shape index (κ1) is 15.5. The van der Waals surface area contributed by atoms with Crippen molar-refractivity contribution in [3.8, 4) is 0 Å². The highest BCUT2D eigenvalue weighted by molar-refractivity contribution is 8.15. The highest BCUT2D eigenvalue weighted by Gasteiger charge is 2.29. The SMILES string of the molecule is O=C1Nc2ccccc2/C1=N/N=C1\SCC(=O)N1Cc1ccncc1. The summed E-state index contributed by atoms with van der Waals surface area (Å²) in [6.07, 6.45) is 3.36. The van der Waals surface area contributed by atoms with E-state index < -0.39 is 0 Å². The first-order chi connectivity index (χ1) is 12.2. The zero-order valence-corrected chi connectivity index (χ0v) is 13.9. The van der Waals surface area contributed by atoms with Crippen molar-refractivity contribution in [2.45, 2.75) is 6.54 Å². The van der Waals surface area contributed by atoms with Gasteiger partial charge in [0.15, 0.2) is 10.9 Å². The number of amides is 2. The third-order valence-corrected chi connectivity index (χ3v) is 4.78. The lowest BCUT2D eigenvalue weighted by Crippen LogP contribution is -2.29. The third kappa shape index (κ3) is 3.03. The van der Waals surface area contributed by atoms with E-state index in [4.69, 9.17) is 0 Å². The van der Waals surface area contributed by atoms with Gasteiger partial charge in [0.05, 0.1) is 18.0 Å². The minimum absolute atomic E-state index is 0.0305. The number of para-hydroxylation sites is 1. The smallest absolute Gasteiger partial charge is 0.276 e. The van der Waals surface area contributed by atoms with Gasteiger partial charge in [0.2, 0.25) is 5.91 Å². The Labute approximate surface area is 147 Å². The van der Waals surface area contributed by atoms with Crippen LogP contribution >= 0.6 is 11.8 Å². The van der Waals surface area contributed by atoms with Gasteiger partial charge in [0, 0.05) is 18.0 Å². The topological polar surface area (TPSA) is 87.0 Å². The quantitative estimate of drug-likeness (QED) is 0.855. The van der Waals surface area contributed by atoms with E-state index in [0.29, 0.717) is 23.0 Å². The summed E-state index contributed by atoms with van der Waals surface area (Å²) < 4.78 is 0. The molecular weight excluding hydrogens is 338 g/mol. The molecule has 0 aliphatic carbocycles. The average molecular weight is 351 g/mol. The number of anilines is 1. The van der Waals surface area contributed by atoms with Crippen LogP contribution in [0.5, 0.6) is 0 Å². The second kappa shape index (κ2) is 6.48. The summed E-state index contributed by atoms with van der Waals surface area (Å²) in [5, 5.41) is 11.5. The van der Waals surface area contributed by atoms with Gasteiger partial charge in [0.1, 0.15) is 0 Å². The van der Waals surface area contributed by atoms with Crippen LogP contribution in [0.4, 0.5) is 5.69 Å². The Morgan fingerprint density at radius 2 is 1.92 bits per heavy atom. The summed E-state index contributed by atoms with van der Waals surface area (Å²) >= 11 is 1.32. The Balaban J connectivity index is 1.62. The Morgan fingerprint density at radius 1 is 1.12 bits per heavy atom. The highest BCUT2D eigenvalue weighted by atomic mass is 32.2. The molecule has 25 heavy (non-hydrogen) atoms. The lowest BCUT2D eigenvalue weighted by atomic mass is 10.1. The van der Waals surface area contributed by atoms with Gasteiger partial charge in [-0.25, -0.2) is 0 Å². The van der Waals surface area contributed by atoms with Crippen LogP contribution in [0.15, 0.2) is 59.0 Å². The molecule has 0 radical (unpaired) electrons. The molecule has 3 heterocycles. The number of aromatic nitrogens is 1. The number of fused-ring (bicyclic) bond motifs is 1. The maximum absolute atomic E-state index is 12.1. The predicted molar refractivity (Wildman–Crippen MR) is 96.3 cm³/mol. The number of carbonyl (C=O) groups is 2. The van der Waals surface area contributed by atoms with E-state index >= 15 is 0 Å². The van der Waals surface area contributed by atoms with Gasteiger partial charge >= 0.3 is 0 Å². The van der Waals surface area contributed by atoms with Crippen molar-refractivity contribution < 1.29 is 9.59 Å². The molecule has 0 atom stereocenters. The zero-order valence-electron chi connectivity index (χ0n) is 13.0. The molecule has 1 N–H and O–H groups in total. The van der Waals surface area contributed by atoms with E-state index in [2.05, 4.69) is 20.5 Å². The molecule has 7 nitrogen and oxygen atoms in total. The molecule has 2 aliphatic rings. The van der Waals surface area contributed by atoms with Gasteiger partial charge in [-0.15, -0.1) is 10.2 Å². The maximum Gasteiger partial charge on any atom is 0.276 e. The predicted octanol–water partition coefficient (Wildman–Crippen LogP) is 1.87. The van der Waals surface area contributed by atoms with Crippen LogP contribution in [0.3, 0.4) is 0 Å². The van der Waals surface area contributed by atoms with Gasteiger partial charge in [-0.2, -0.15) is 0 Å². The normalized spacial score (nSPS) is 19.6. The number of pyridine rings is 1. The van der Waals surface area contributed by atoms with Crippen LogP contribution in [0, 0.1) is 0 Å². The fourth-order valence-electron chi connectivity index (χ4n) is 2.59. The first-order valence-corrected chi connectivity index (χ1v) is 8.59. The largest absolute Gasteiger partial charge is 0.320 e. The van der Waals surface area contributed by atoms with Crippen molar-refractivity contribution in [3.63, 3.8) is 0 Å². The molecule has 1 aromatic carbocycles. The van der Waals surface area contributed by atoms with Crippen molar-refractivity contribution in [2.75, 3.05) is 11.1 Å². The molecule has 8 heteroatoms. The molecule has 124 valence electrons. The maximum atomic E-state index is 12.1. The number of carbonyl (C=O) groups excluding carboxylic acids is 2. The number of hydrogen-bond donors (Lipinski definition) is 1. The molecular formula is C17H13N5O2S. The lowest BCUT2D eigenvalue weighted by molar-refractivity contribution is -0.124. The van der Waals surface area contributed by atoms with Crippen molar-refractivity contribution in [1.29, 1.82) is 0 Å². The molecule has 0 saturated carbocycles. The number of amidine groups is 1. The van der Waals surface area contributed by atoms with E-state index in [1.807, 2.05) is 36.4 Å². The van der Waals surface area contributed by atoms with Gasteiger partial charge in [-0.1, -0.05) is 30.0 Å². The second-order valence-electron chi connectivity index (χ2n) is 5.45. The molecule has 0 spiro atoms. The van der Waals surface area contributed by atoms with Crippen molar-refractivity contribution >= 4 is 40.1 Å². The lowest BCUT2D eigenvalue weighted by Gasteiger charge is -2.14. The van der Waals surface area contributed by atoms with Crippen LogP contribution in [-0.2, 0) is 16.1 Å². The number of nitrogens with zero attached hydrogens (tertiary/aromatic N) is 4. The summed E-state index contributed by atoms with van der Waals surface area (Å²) in [6, 6.07) is 11.0.